The number of rotatable bonds is 5. The number of amides is 2. The number of carbonyl (C=O) groups excluding carboxylic acids is 1. The fourth-order valence-corrected chi connectivity index (χ4v) is 2.77. The second kappa shape index (κ2) is 7.64. The summed E-state index contributed by atoms with van der Waals surface area (Å²) in [6, 6.07) is 6.78. The van der Waals surface area contributed by atoms with E-state index >= 15 is 0 Å². The number of hydrogen-bond acceptors (Lipinski definition) is 2. The molecule has 2 amide bonds. The van der Waals surface area contributed by atoms with Crippen LogP contribution in [0.5, 0.6) is 0 Å². The van der Waals surface area contributed by atoms with Crippen molar-refractivity contribution in [1.29, 1.82) is 0 Å². The summed E-state index contributed by atoms with van der Waals surface area (Å²) in [5.74, 6) is -0.963. The Balaban J connectivity index is 1.81. The number of nitrogens with zero attached hydrogens (tertiary/aromatic N) is 1. The Hall–Kier alpha value is -1.82. The van der Waals surface area contributed by atoms with Gasteiger partial charge >= 0.3 is 12.0 Å². The Morgan fingerprint density at radius 3 is 2.43 bits per heavy atom. The third-order valence-corrected chi connectivity index (χ3v) is 4.25. The lowest BCUT2D eigenvalue weighted by Crippen LogP contribution is -2.49. The van der Waals surface area contributed by atoms with Crippen molar-refractivity contribution >= 4 is 23.6 Å². The molecule has 5 nitrogen and oxygen atoms in total. The maximum absolute atomic E-state index is 14.9. The minimum absolute atomic E-state index is 0.0796. The van der Waals surface area contributed by atoms with Crippen LogP contribution >= 0.6 is 11.6 Å². The minimum atomic E-state index is -1.33. The van der Waals surface area contributed by atoms with Crippen LogP contribution in [0.3, 0.4) is 0 Å². The normalized spacial score (nSPS) is 16.9. The molecule has 1 aliphatic heterocycles. The number of urea groups is 1. The third-order valence-electron chi connectivity index (χ3n) is 4.00. The molecule has 1 aromatic rings. The van der Waals surface area contributed by atoms with E-state index < -0.39 is 11.6 Å². The molecular formula is C16H20ClFN2O3. The van der Waals surface area contributed by atoms with Gasteiger partial charge in [-0.1, -0.05) is 23.7 Å². The van der Waals surface area contributed by atoms with Crippen molar-refractivity contribution in [2.75, 3.05) is 19.6 Å². The van der Waals surface area contributed by atoms with Crippen molar-refractivity contribution < 1.29 is 19.1 Å². The van der Waals surface area contributed by atoms with Crippen molar-refractivity contribution in [2.45, 2.75) is 31.4 Å². The molecule has 126 valence electrons. The molecule has 0 saturated carbocycles. The monoisotopic (exact) mass is 342 g/mol. The quantitative estimate of drug-likeness (QED) is 0.864. The first kappa shape index (κ1) is 17.5. The summed E-state index contributed by atoms with van der Waals surface area (Å²) in [4.78, 5) is 23.8. The topological polar surface area (TPSA) is 69.6 Å². The smallest absolute Gasteiger partial charge is 0.317 e. The zero-order valence-electron chi connectivity index (χ0n) is 12.7. The number of aliphatic carboxylic acids is 1. The summed E-state index contributed by atoms with van der Waals surface area (Å²) < 4.78 is 14.9. The van der Waals surface area contributed by atoms with E-state index in [2.05, 4.69) is 5.32 Å². The van der Waals surface area contributed by atoms with E-state index in [1.807, 2.05) is 12.1 Å². The second-order valence-corrected chi connectivity index (χ2v) is 6.25. The molecule has 0 bridgehead atoms. The summed E-state index contributed by atoms with van der Waals surface area (Å²) in [6.45, 7) is 0.724. The van der Waals surface area contributed by atoms with Crippen molar-refractivity contribution in [2.24, 2.45) is 0 Å². The van der Waals surface area contributed by atoms with Gasteiger partial charge in [-0.25, -0.2) is 9.18 Å². The number of carbonyl (C=O) groups is 2. The van der Waals surface area contributed by atoms with Gasteiger partial charge in [-0.2, -0.15) is 0 Å². The van der Waals surface area contributed by atoms with Gasteiger partial charge in [0.25, 0.3) is 0 Å². The lowest BCUT2D eigenvalue weighted by Gasteiger charge is -2.36. The lowest BCUT2D eigenvalue weighted by molar-refractivity contribution is -0.136. The van der Waals surface area contributed by atoms with Crippen LogP contribution in [0.25, 0.3) is 0 Å². The highest BCUT2D eigenvalue weighted by atomic mass is 35.5. The van der Waals surface area contributed by atoms with Gasteiger partial charge in [0.1, 0.15) is 5.67 Å². The van der Waals surface area contributed by atoms with Crippen LogP contribution in [-0.4, -0.2) is 47.3 Å². The molecule has 2 N–H and O–H groups in total. The molecule has 1 aromatic carbocycles. The van der Waals surface area contributed by atoms with E-state index in [9.17, 15) is 14.0 Å². The van der Waals surface area contributed by atoms with Crippen molar-refractivity contribution in [1.82, 2.24) is 10.2 Å². The van der Waals surface area contributed by atoms with E-state index in [1.54, 1.807) is 12.1 Å². The largest absolute Gasteiger partial charge is 0.481 e. The van der Waals surface area contributed by atoms with Crippen molar-refractivity contribution in [3.63, 3.8) is 0 Å². The van der Waals surface area contributed by atoms with Crippen LogP contribution in [0, 0.1) is 0 Å². The molecule has 0 aromatic heterocycles. The molecule has 1 fully saturated rings. The number of alkyl halides is 1. The second-order valence-electron chi connectivity index (χ2n) is 5.82. The highest BCUT2D eigenvalue weighted by molar-refractivity contribution is 6.30. The predicted molar refractivity (Wildman–Crippen MR) is 85.5 cm³/mol. The third kappa shape index (κ3) is 5.39. The van der Waals surface area contributed by atoms with Crippen LogP contribution in [0.4, 0.5) is 9.18 Å². The van der Waals surface area contributed by atoms with Gasteiger partial charge in [-0.3, -0.25) is 4.79 Å². The molecule has 0 unspecified atom stereocenters. The van der Waals surface area contributed by atoms with Crippen LogP contribution in [0.2, 0.25) is 5.02 Å². The number of halogens is 2. The molecule has 7 heteroatoms. The first-order valence-electron chi connectivity index (χ1n) is 7.56. The molecule has 0 atom stereocenters. The zero-order chi connectivity index (χ0) is 16.9. The van der Waals surface area contributed by atoms with Gasteiger partial charge in [-0.15, -0.1) is 0 Å². The van der Waals surface area contributed by atoms with E-state index in [1.165, 1.54) is 4.90 Å². The van der Waals surface area contributed by atoms with Crippen LogP contribution < -0.4 is 5.32 Å². The lowest BCUT2D eigenvalue weighted by atomic mass is 9.87. The fraction of sp³-hybridized carbons (Fsp3) is 0.500. The number of carboxylic acid groups (broad SMARTS) is 1. The van der Waals surface area contributed by atoms with E-state index in [0.717, 1.165) is 5.56 Å². The van der Waals surface area contributed by atoms with Gasteiger partial charge in [-0.05, 0) is 30.5 Å². The van der Waals surface area contributed by atoms with Crippen LogP contribution in [0.1, 0.15) is 24.8 Å². The molecule has 0 spiro atoms. The molecule has 1 saturated heterocycles. The van der Waals surface area contributed by atoms with Gasteiger partial charge in [0.2, 0.25) is 0 Å². The summed E-state index contributed by atoms with van der Waals surface area (Å²) in [5, 5.41) is 11.7. The average Bonchev–Trinajstić information content (AvgIpc) is 2.50. The van der Waals surface area contributed by atoms with Crippen LogP contribution in [-0.2, 0) is 11.2 Å². The van der Waals surface area contributed by atoms with Crippen LogP contribution in [0.15, 0.2) is 24.3 Å². The standard InChI is InChI=1S/C16H20ClFN2O3/c17-13-3-1-12(2-4-13)11-16(18)6-9-20(10-7-16)15(23)19-8-5-14(21)22/h1-4H,5-11H2,(H,19,23)(H,21,22). The molecule has 1 aliphatic rings. The minimum Gasteiger partial charge on any atom is -0.481 e. The highest BCUT2D eigenvalue weighted by Gasteiger charge is 2.36. The number of carboxylic acids is 1. The summed E-state index contributed by atoms with van der Waals surface area (Å²) in [5.41, 5.74) is -0.442. The Morgan fingerprint density at radius 2 is 1.87 bits per heavy atom. The molecule has 1 heterocycles. The number of piperidine rings is 1. The molecular weight excluding hydrogens is 323 g/mol. The number of hydrogen-bond donors (Lipinski definition) is 2. The average molecular weight is 343 g/mol. The van der Waals surface area contributed by atoms with Gasteiger partial charge in [0, 0.05) is 31.1 Å². The highest BCUT2D eigenvalue weighted by Crippen LogP contribution is 2.30. The zero-order valence-corrected chi connectivity index (χ0v) is 13.5. The van der Waals surface area contributed by atoms with E-state index in [4.69, 9.17) is 16.7 Å². The van der Waals surface area contributed by atoms with E-state index in [-0.39, 0.29) is 31.8 Å². The number of benzene rings is 1. The number of nitrogens with one attached hydrogen (secondary N) is 1. The SMILES string of the molecule is O=C(O)CCNC(=O)N1CCC(F)(Cc2ccc(Cl)cc2)CC1. The maximum Gasteiger partial charge on any atom is 0.317 e. The maximum atomic E-state index is 14.9. The Bertz CT molecular complexity index is 557. The molecule has 2 rings (SSSR count). The van der Waals surface area contributed by atoms with Crippen molar-refractivity contribution in [3.05, 3.63) is 34.9 Å². The molecule has 23 heavy (non-hydrogen) atoms. The summed E-state index contributed by atoms with van der Waals surface area (Å²) in [7, 11) is 0. The van der Waals surface area contributed by atoms with E-state index in [0.29, 0.717) is 24.5 Å². The van der Waals surface area contributed by atoms with Gasteiger partial charge in [0.05, 0.1) is 6.42 Å². The Labute approximate surface area is 139 Å². The van der Waals surface area contributed by atoms with Gasteiger partial charge < -0.3 is 15.3 Å². The first-order valence-corrected chi connectivity index (χ1v) is 7.94. The van der Waals surface area contributed by atoms with Crippen molar-refractivity contribution in [3.8, 4) is 0 Å². The summed E-state index contributed by atoms with van der Waals surface area (Å²) in [6.07, 6.45) is 0.714. The molecule has 0 radical (unpaired) electrons. The Morgan fingerprint density at radius 1 is 1.26 bits per heavy atom. The first-order chi connectivity index (χ1) is 10.9. The fourth-order valence-electron chi connectivity index (χ4n) is 2.64. The molecule has 0 aliphatic carbocycles. The van der Waals surface area contributed by atoms with Gasteiger partial charge in [0.15, 0.2) is 0 Å². The number of likely N-dealkylation sites (tertiary alicyclic amines) is 1. The summed E-state index contributed by atoms with van der Waals surface area (Å²) >= 11 is 5.82. The Kier molecular flexibility index (Phi) is 5.82. The predicted octanol–water partition coefficient (Wildman–Crippen LogP) is 2.87.